The van der Waals surface area contributed by atoms with Crippen LogP contribution in [0.4, 0.5) is 11.4 Å². The minimum absolute atomic E-state index is 0.123. The van der Waals surface area contributed by atoms with Crippen molar-refractivity contribution in [2.45, 2.75) is 51.9 Å². The van der Waals surface area contributed by atoms with Gasteiger partial charge in [0.05, 0.1) is 166 Å². The van der Waals surface area contributed by atoms with E-state index in [9.17, 15) is 28.4 Å². The number of carboxylic acid groups (broad SMARTS) is 1. The van der Waals surface area contributed by atoms with E-state index in [1.165, 1.54) is 4.31 Å². The lowest BCUT2D eigenvalue weighted by atomic mass is 9.81. The molecular formula is C64H97N9O15S. The summed E-state index contributed by atoms with van der Waals surface area (Å²) in [4.78, 5) is 39.2. The SMILES string of the molecule is CCCN(CCCN/C(=N/c1cccc(C#N)c1)NCCOCCOCCOCCOCCOCCOCCOCCOCCOCCOCC(C(=O)O)C(C)(C)C)C(=O)C1=Cc2ccc(-c3cccc(S(=O)(=O)N4CC(CN(C)C)C4)c3)cc2N=C(N)C1. The number of carbonyl (C=O) groups excluding carboxylic acids is 1. The van der Waals surface area contributed by atoms with Gasteiger partial charge in [-0.1, -0.05) is 58.0 Å². The van der Waals surface area contributed by atoms with Crippen LogP contribution in [0.1, 0.15) is 58.1 Å². The van der Waals surface area contributed by atoms with Crippen molar-refractivity contribution in [1.29, 1.82) is 5.26 Å². The normalized spacial score (nSPS) is 14.3. The molecule has 5 N–H and O–H groups in total. The van der Waals surface area contributed by atoms with Crippen LogP contribution in [0.15, 0.2) is 87.2 Å². The molecule has 1 saturated heterocycles. The number of aliphatic imine (C=N–C) groups is 2. The lowest BCUT2D eigenvalue weighted by Gasteiger charge is -2.39. The van der Waals surface area contributed by atoms with Crippen molar-refractivity contribution in [2.75, 3.05) is 192 Å². The van der Waals surface area contributed by atoms with Gasteiger partial charge >= 0.3 is 5.97 Å². The van der Waals surface area contributed by atoms with Gasteiger partial charge in [0.25, 0.3) is 0 Å². The smallest absolute Gasteiger partial charge is 0.309 e. The van der Waals surface area contributed by atoms with Crippen molar-refractivity contribution in [2.24, 2.45) is 33.0 Å². The Hall–Kier alpha value is -5.96. The van der Waals surface area contributed by atoms with E-state index in [0.717, 1.165) is 29.7 Å². The number of sulfonamides is 1. The summed E-state index contributed by atoms with van der Waals surface area (Å²) in [6, 6.07) is 21.8. The minimum Gasteiger partial charge on any atom is -0.481 e. The van der Waals surface area contributed by atoms with Gasteiger partial charge in [0.1, 0.15) is 5.84 Å². The lowest BCUT2D eigenvalue weighted by Crippen LogP contribution is -2.52. The van der Waals surface area contributed by atoms with Crippen LogP contribution < -0.4 is 16.4 Å². The molecule has 0 spiro atoms. The maximum atomic E-state index is 14.2. The molecule has 3 aromatic carbocycles. The Balaban J connectivity index is 0.890. The predicted molar refractivity (Wildman–Crippen MR) is 341 cm³/mol. The van der Waals surface area contributed by atoms with Gasteiger partial charge < -0.3 is 78.6 Å². The Morgan fingerprint density at radius 2 is 1.26 bits per heavy atom. The van der Waals surface area contributed by atoms with E-state index in [-0.39, 0.29) is 29.2 Å². The molecule has 24 nitrogen and oxygen atoms in total. The number of nitrogens with two attached hydrogens (primary N) is 1. The summed E-state index contributed by atoms with van der Waals surface area (Å²) in [6.07, 6.45) is 3.39. The maximum absolute atomic E-state index is 14.2. The predicted octanol–water partition coefficient (Wildman–Crippen LogP) is 5.59. The molecule has 2 aliphatic rings. The molecule has 5 rings (SSSR count). The Bertz CT molecular complexity index is 2820. The molecule has 1 fully saturated rings. The first-order chi connectivity index (χ1) is 43.0. The van der Waals surface area contributed by atoms with Gasteiger partial charge in [-0.2, -0.15) is 9.57 Å². The van der Waals surface area contributed by atoms with Gasteiger partial charge in [-0.25, -0.2) is 18.4 Å². The standard InChI is InChI=1S/C64H97N9O15S/c1-7-19-72(61(74)55-41-54-16-15-53(43-59(54)70-60(66)44-55)52-12-9-14-57(42-52)89(77,78)73-47-51(48-73)46-71(5)6)20-10-17-67-63(69-56-13-8-11-50(40-56)45-65)68-18-21-79-22-23-80-24-25-81-26-27-82-28-29-83-30-31-84-32-33-85-34-35-86-36-37-87-38-39-88-49-58(62(75)76)64(2,3)4/h8-9,11-16,40-43,51,58H,7,10,17-39,44,46-49H2,1-6H3,(H2,66,70)(H,75,76)(H2,67,68,69). The third-order valence-corrected chi connectivity index (χ3v) is 15.9. The van der Waals surface area contributed by atoms with Crippen LogP contribution >= 0.6 is 0 Å². The number of nitriles is 1. The second kappa shape index (κ2) is 41.4. The van der Waals surface area contributed by atoms with Crippen molar-refractivity contribution in [1.82, 2.24) is 24.7 Å². The largest absolute Gasteiger partial charge is 0.481 e. The van der Waals surface area contributed by atoms with Gasteiger partial charge in [-0.15, -0.1) is 0 Å². The molecule has 3 aromatic rings. The number of carboxylic acids is 1. The number of carbonyl (C=O) groups is 2. The van der Waals surface area contributed by atoms with Crippen molar-refractivity contribution in [3.8, 4) is 17.2 Å². The number of nitrogens with one attached hydrogen (secondary N) is 2. The highest BCUT2D eigenvalue weighted by Crippen LogP contribution is 2.34. The van der Waals surface area contributed by atoms with Crippen molar-refractivity contribution in [3.05, 3.63) is 83.4 Å². The monoisotopic (exact) mass is 1260 g/mol. The summed E-state index contributed by atoms with van der Waals surface area (Å²) in [7, 11) is 0.336. The zero-order valence-electron chi connectivity index (χ0n) is 53.1. The van der Waals surface area contributed by atoms with Crippen LogP contribution in [0.3, 0.4) is 0 Å². The molecule has 0 aliphatic carbocycles. The van der Waals surface area contributed by atoms with Gasteiger partial charge in [-0.05, 0) is 91.9 Å². The molecule has 2 aliphatic heterocycles. The van der Waals surface area contributed by atoms with Crippen LogP contribution in [0.2, 0.25) is 0 Å². The molecular weight excluding hydrogens is 1170 g/mol. The van der Waals surface area contributed by atoms with Crippen LogP contribution in [0, 0.1) is 28.6 Å². The zero-order valence-corrected chi connectivity index (χ0v) is 53.9. The second-order valence-corrected chi connectivity index (χ2v) is 24.6. The van der Waals surface area contributed by atoms with E-state index < -0.39 is 21.9 Å². The summed E-state index contributed by atoms with van der Waals surface area (Å²) in [5, 5.41) is 25.5. The third kappa shape index (κ3) is 28.4. The quantitative estimate of drug-likeness (QED) is 0.0304. The first kappa shape index (κ1) is 73.8. The van der Waals surface area contributed by atoms with Crippen molar-refractivity contribution >= 4 is 51.1 Å². The van der Waals surface area contributed by atoms with Crippen molar-refractivity contribution < 1.29 is 70.5 Å². The molecule has 0 radical (unpaired) electrons. The van der Waals surface area contributed by atoms with E-state index in [0.29, 0.717) is 211 Å². The maximum Gasteiger partial charge on any atom is 0.309 e. The number of ether oxygens (including phenoxy) is 10. The molecule has 0 saturated carbocycles. The molecule has 494 valence electrons. The highest BCUT2D eigenvalue weighted by molar-refractivity contribution is 7.89. The van der Waals surface area contributed by atoms with E-state index in [1.54, 1.807) is 36.4 Å². The number of nitrogens with zero attached hydrogens (tertiary/aromatic N) is 6. The lowest BCUT2D eigenvalue weighted by molar-refractivity contribution is -0.148. The fourth-order valence-corrected chi connectivity index (χ4v) is 11.0. The average molecular weight is 1260 g/mol. The average Bonchev–Trinajstić information content (AvgIpc) is 1.65. The zero-order chi connectivity index (χ0) is 64.1. The summed E-state index contributed by atoms with van der Waals surface area (Å²) in [5.74, 6) is -0.441. The molecule has 1 atom stereocenters. The number of hydrogen-bond acceptors (Lipinski definition) is 19. The van der Waals surface area contributed by atoms with Crippen LogP contribution in [0.5, 0.6) is 0 Å². The third-order valence-electron chi connectivity index (χ3n) is 14.0. The highest BCUT2D eigenvalue weighted by Gasteiger charge is 2.37. The first-order valence-corrected chi connectivity index (χ1v) is 32.2. The second-order valence-electron chi connectivity index (χ2n) is 22.7. The number of benzene rings is 3. The Kier molecular flexibility index (Phi) is 34.3. The summed E-state index contributed by atoms with van der Waals surface area (Å²) >= 11 is 0. The molecule has 0 aromatic heterocycles. The summed E-state index contributed by atoms with van der Waals surface area (Å²) in [5.41, 5.74) is 10.6. The molecule has 89 heavy (non-hydrogen) atoms. The molecule has 1 amide bonds. The first-order valence-electron chi connectivity index (χ1n) is 30.8. The fourth-order valence-electron chi connectivity index (χ4n) is 9.34. The van der Waals surface area contributed by atoms with Gasteiger partial charge in [-0.3, -0.25) is 9.59 Å². The van der Waals surface area contributed by atoms with Gasteiger partial charge in [0.15, 0.2) is 5.96 Å². The summed E-state index contributed by atoms with van der Waals surface area (Å²) < 4.78 is 84.3. The molecule has 0 bridgehead atoms. The molecule has 25 heteroatoms. The number of guanidine groups is 1. The van der Waals surface area contributed by atoms with Crippen molar-refractivity contribution in [3.63, 3.8) is 0 Å². The minimum atomic E-state index is -3.64. The number of aliphatic carboxylic acids is 1. The van der Waals surface area contributed by atoms with Crippen LogP contribution in [-0.2, 0) is 67.0 Å². The van der Waals surface area contributed by atoms with Gasteiger partial charge in [0, 0.05) is 63.4 Å². The number of amides is 1. The van der Waals surface area contributed by atoms with E-state index in [4.69, 9.17) is 63.1 Å². The summed E-state index contributed by atoms with van der Waals surface area (Å²) in [6.45, 7) is 19.6. The van der Waals surface area contributed by atoms with Crippen LogP contribution in [-0.4, -0.2) is 243 Å². The van der Waals surface area contributed by atoms with E-state index >= 15 is 0 Å². The highest BCUT2D eigenvalue weighted by atomic mass is 32.2. The van der Waals surface area contributed by atoms with Gasteiger partial charge in [0.2, 0.25) is 15.9 Å². The molecule has 1 unspecified atom stereocenters. The Morgan fingerprint density at radius 1 is 0.730 bits per heavy atom. The molecule has 2 heterocycles. The number of rotatable bonds is 46. The van der Waals surface area contributed by atoms with E-state index in [1.807, 2.05) is 83.1 Å². The fraction of sp³-hybridized carbons (Fsp3) is 0.609. The van der Waals surface area contributed by atoms with Crippen LogP contribution in [0.25, 0.3) is 17.2 Å². The Morgan fingerprint density at radius 3 is 1.79 bits per heavy atom. The number of fused-ring (bicyclic) bond motifs is 1. The Labute approximate surface area is 527 Å². The van der Waals surface area contributed by atoms with E-state index in [2.05, 4.69) is 21.6 Å². The number of hydrogen-bond donors (Lipinski definition) is 4. The number of amidine groups is 1. The topological polar surface area (TPSA) is 289 Å².